The summed E-state index contributed by atoms with van der Waals surface area (Å²) in [6, 6.07) is -0.804. The predicted molar refractivity (Wildman–Crippen MR) is 70.8 cm³/mol. The zero-order chi connectivity index (χ0) is 15.9. The standard InChI is InChI=1S/C10H20BO9P/c1-15-8-7(5-19-21(13,14)16-2)20-10(11)9(8)18-6-17-4-3-12/h7-10,12H,3-6H2,1-2H3,(H,13,14)/t7-,8+,9?,10-/m1/s1. The second-order valence-corrected chi connectivity index (χ2v) is 5.73. The van der Waals surface area contributed by atoms with Gasteiger partial charge in [0.25, 0.3) is 0 Å². The molecule has 2 N–H and O–H groups in total. The molecule has 1 rings (SSSR count). The first kappa shape index (κ1) is 19.0. The van der Waals surface area contributed by atoms with Crippen LogP contribution < -0.4 is 0 Å². The van der Waals surface area contributed by atoms with Gasteiger partial charge in [0, 0.05) is 20.2 Å². The SMILES string of the molecule is [B][C@@H]1O[C@H](COP(=O)(O)OC)[C@H](OC)C1OCOCCO. The molecule has 0 amide bonds. The lowest BCUT2D eigenvalue weighted by Gasteiger charge is -2.22. The molecular formula is C10H20BO9P. The molecule has 2 unspecified atom stereocenters. The maximum absolute atomic E-state index is 11.2. The fourth-order valence-electron chi connectivity index (χ4n) is 1.84. The van der Waals surface area contributed by atoms with E-state index in [1.165, 1.54) is 7.11 Å². The molecule has 1 fully saturated rings. The fourth-order valence-corrected chi connectivity index (χ4v) is 2.28. The number of phosphoric acid groups is 1. The lowest BCUT2D eigenvalue weighted by Crippen LogP contribution is -2.39. The number of phosphoric ester groups is 1. The van der Waals surface area contributed by atoms with Gasteiger partial charge in [-0.15, -0.1) is 0 Å². The third-order valence-electron chi connectivity index (χ3n) is 2.83. The average molecular weight is 326 g/mol. The number of ether oxygens (including phenoxy) is 4. The van der Waals surface area contributed by atoms with Gasteiger partial charge in [0.1, 0.15) is 33.0 Å². The Labute approximate surface area is 124 Å². The fraction of sp³-hybridized carbons (Fsp3) is 1.00. The van der Waals surface area contributed by atoms with Crippen molar-refractivity contribution >= 4 is 15.7 Å². The molecular weight excluding hydrogens is 306 g/mol. The van der Waals surface area contributed by atoms with Crippen LogP contribution >= 0.6 is 7.82 Å². The normalized spacial score (nSPS) is 32.2. The lowest BCUT2D eigenvalue weighted by molar-refractivity contribution is -0.127. The summed E-state index contributed by atoms with van der Waals surface area (Å²) in [7, 11) is 4.15. The van der Waals surface area contributed by atoms with E-state index in [0.29, 0.717) is 0 Å². The van der Waals surface area contributed by atoms with Crippen LogP contribution in [0.5, 0.6) is 0 Å². The molecule has 0 aliphatic carbocycles. The van der Waals surface area contributed by atoms with Gasteiger partial charge in [0.15, 0.2) is 0 Å². The minimum absolute atomic E-state index is 0.0910. The Morgan fingerprint density at radius 2 is 2.05 bits per heavy atom. The van der Waals surface area contributed by atoms with Crippen LogP contribution in [0.1, 0.15) is 0 Å². The minimum atomic E-state index is -4.10. The maximum atomic E-state index is 11.2. The number of hydrogen-bond acceptors (Lipinski definition) is 8. The van der Waals surface area contributed by atoms with Gasteiger partial charge in [0.2, 0.25) is 0 Å². The summed E-state index contributed by atoms with van der Waals surface area (Å²) in [5.41, 5.74) is 0. The second-order valence-electron chi connectivity index (χ2n) is 4.17. The van der Waals surface area contributed by atoms with Crippen LogP contribution in [0.25, 0.3) is 0 Å². The number of hydrogen-bond donors (Lipinski definition) is 2. The highest BCUT2D eigenvalue weighted by molar-refractivity contribution is 7.47. The number of methoxy groups -OCH3 is 1. The van der Waals surface area contributed by atoms with Gasteiger partial charge < -0.3 is 28.9 Å². The summed E-state index contributed by atoms with van der Waals surface area (Å²) in [6.45, 7) is -0.324. The van der Waals surface area contributed by atoms with Crippen molar-refractivity contribution in [2.75, 3.05) is 40.8 Å². The van der Waals surface area contributed by atoms with Crippen LogP contribution in [-0.4, -0.2) is 83.0 Å². The first-order valence-corrected chi connectivity index (χ1v) is 7.71. The third kappa shape index (κ3) is 5.94. The van der Waals surface area contributed by atoms with E-state index >= 15 is 0 Å². The third-order valence-corrected chi connectivity index (χ3v) is 3.77. The van der Waals surface area contributed by atoms with Crippen molar-refractivity contribution in [1.82, 2.24) is 0 Å². The quantitative estimate of drug-likeness (QED) is 0.226. The number of aliphatic hydroxyl groups is 1. The molecule has 0 aromatic carbocycles. The van der Waals surface area contributed by atoms with Crippen molar-refractivity contribution in [2.24, 2.45) is 0 Å². The summed E-state index contributed by atoms with van der Waals surface area (Å²) in [4.78, 5) is 9.18. The summed E-state index contributed by atoms with van der Waals surface area (Å²) >= 11 is 0. The molecule has 11 heteroatoms. The first-order valence-electron chi connectivity index (χ1n) is 6.22. The van der Waals surface area contributed by atoms with Gasteiger partial charge in [-0.2, -0.15) is 0 Å². The van der Waals surface area contributed by atoms with Crippen molar-refractivity contribution < 1.29 is 42.6 Å². The number of aliphatic hydroxyl groups excluding tert-OH is 1. The smallest absolute Gasteiger partial charge is 0.394 e. The summed E-state index contributed by atoms with van der Waals surface area (Å²) in [5, 5.41) is 8.59. The topological polar surface area (TPSA) is 113 Å². The van der Waals surface area contributed by atoms with Crippen molar-refractivity contribution in [3.63, 3.8) is 0 Å². The predicted octanol–water partition coefficient (Wildman–Crippen LogP) is -0.990. The summed E-state index contributed by atoms with van der Waals surface area (Å²) < 4.78 is 41.3. The molecule has 0 aromatic heterocycles. The Kier molecular flexibility index (Phi) is 8.32. The van der Waals surface area contributed by atoms with Crippen molar-refractivity contribution in [2.45, 2.75) is 24.3 Å². The van der Waals surface area contributed by atoms with Crippen molar-refractivity contribution in [1.29, 1.82) is 0 Å². The van der Waals surface area contributed by atoms with Gasteiger partial charge >= 0.3 is 7.82 Å². The Morgan fingerprint density at radius 1 is 1.33 bits per heavy atom. The van der Waals surface area contributed by atoms with E-state index in [9.17, 15) is 9.46 Å². The van der Waals surface area contributed by atoms with Gasteiger partial charge in [-0.3, -0.25) is 9.05 Å². The van der Waals surface area contributed by atoms with Crippen LogP contribution in [0.15, 0.2) is 0 Å². The average Bonchev–Trinajstić information content (AvgIpc) is 2.77. The van der Waals surface area contributed by atoms with Crippen LogP contribution in [0.3, 0.4) is 0 Å². The van der Waals surface area contributed by atoms with E-state index in [-0.39, 0.29) is 26.6 Å². The summed E-state index contributed by atoms with van der Waals surface area (Å²) in [5.74, 6) is 0. The highest BCUT2D eigenvalue weighted by Gasteiger charge is 2.44. The van der Waals surface area contributed by atoms with Crippen LogP contribution in [0.2, 0.25) is 0 Å². The van der Waals surface area contributed by atoms with E-state index in [0.717, 1.165) is 7.11 Å². The monoisotopic (exact) mass is 326 g/mol. The molecule has 2 radical (unpaired) electrons. The molecule has 21 heavy (non-hydrogen) atoms. The molecule has 0 spiro atoms. The minimum Gasteiger partial charge on any atom is -0.394 e. The van der Waals surface area contributed by atoms with Gasteiger partial charge in [0.05, 0.1) is 19.8 Å². The second kappa shape index (κ2) is 9.19. The Bertz CT molecular complexity index is 344. The van der Waals surface area contributed by atoms with Crippen molar-refractivity contribution in [3.05, 3.63) is 0 Å². The lowest BCUT2D eigenvalue weighted by atomic mass is 9.93. The van der Waals surface area contributed by atoms with Crippen molar-refractivity contribution in [3.8, 4) is 0 Å². The van der Waals surface area contributed by atoms with Crippen LogP contribution in [0, 0.1) is 0 Å². The molecule has 0 aromatic rings. The van der Waals surface area contributed by atoms with E-state index in [1.807, 2.05) is 0 Å². The number of rotatable bonds is 10. The van der Waals surface area contributed by atoms with E-state index in [1.54, 1.807) is 0 Å². The Balaban J connectivity index is 2.50. The van der Waals surface area contributed by atoms with E-state index in [4.69, 9.17) is 36.4 Å². The highest BCUT2D eigenvalue weighted by atomic mass is 31.2. The molecule has 0 saturated carbocycles. The van der Waals surface area contributed by atoms with Gasteiger partial charge in [-0.1, -0.05) is 0 Å². The zero-order valence-corrected chi connectivity index (χ0v) is 12.8. The molecule has 1 aliphatic heterocycles. The van der Waals surface area contributed by atoms with Crippen LogP contribution in [0.4, 0.5) is 0 Å². The largest absolute Gasteiger partial charge is 0.472 e. The Morgan fingerprint density at radius 3 is 2.62 bits per heavy atom. The van der Waals surface area contributed by atoms with E-state index in [2.05, 4.69) is 4.52 Å². The summed E-state index contributed by atoms with van der Waals surface area (Å²) in [6.07, 6.45) is -1.93. The van der Waals surface area contributed by atoms with E-state index < -0.39 is 32.1 Å². The first-order chi connectivity index (χ1) is 9.95. The zero-order valence-electron chi connectivity index (χ0n) is 11.9. The molecule has 0 bridgehead atoms. The Hall–Kier alpha value is -0.0251. The van der Waals surface area contributed by atoms with Gasteiger partial charge in [-0.05, 0) is 0 Å². The molecule has 5 atom stereocenters. The molecule has 1 aliphatic rings. The maximum Gasteiger partial charge on any atom is 0.472 e. The van der Waals surface area contributed by atoms with Gasteiger partial charge in [-0.25, -0.2) is 4.57 Å². The molecule has 9 nitrogen and oxygen atoms in total. The highest BCUT2D eigenvalue weighted by Crippen LogP contribution is 2.42. The molecule has 1 heterocycles. The molecule has 122 valence electrons. The van der Waals surface area contributed by atoms with Crippen LogP contribution in [-0.2, 0) is 32.6 Å². The molecule has 1 saturated heterocycles.